The summed E-state index contributed by atoms with van der Waals surface area (Å²) >= 11 is 0. The number of benzene rings is 10. The molecule has 1 aliphatic rings. The van der Waals surface area contributed by atoms with Gasteiger partial charge in [0.1, 0.15) is 11.2 Å². The van der Waals surface area contributed by atoms with Crippen molar-refractivity contribution in [3.05, 3.63) is 266 Å². The Morgan fingerprint density at radius 2 is 0.761 bits per heavy atom. The van der Waals surface area contributed by atoms with Gasteiger partial charge >= 0.3 is 0 Å². The van der Waals surface area contributed by atoms with Gasteiger partial charge in [-0.15, -0.1) is 0 Å². The lowest BCUT2D eigenvalue weighted by Gasteiger charge is -2.36. The van der Waals surface area contributed by atoms with Crippen LogP contribution in [0.5, 0.6) is 0 Å². The summed E-state index contributed by atoms with van der Waals surface area (Å²) in [6.07, 6.45) is 0. The lowest BCUT2D eigenvalue weighted by molar-refractivity contribution is 0.660. The molecule has 0 atom stereocenters. The number of hydrogen-bond acceptors (Lipinski definition) is 3. The lowest BCUT2D eigenvalue weighted by atomic mass is 9.82. The van der Waals surface area contributed by atoms with Crippen molar-refractivity contribution in [2.75, 3.05) is 9.80 Å². The first kappa shape index (κ1) is 40.3. The summed E-state index contributed by atoms with van der Waals surface area (Å²) in [5.41, 5.74) is 13.6. The molecule has 4 heteroatoms. The molecule has 0 amide bonds. The minimum atomic E-state index is -2.99. The van der Waals surface area contributed by atoms with Crippen LogP contribution in [-0.2, 0) is 5.41 Å². The molecule has 10 aromatic carbocycles. The third-order valence-corrected chi connectivity index (χ3v) is 18.8. The molecule has 0 saturated heterocycles. The predicted octanol–water partition coefficient (Wildman–Crippen LogP) is 14.2. The van der Waals surface area contributed by atoms with Crippen molar-refractivity contribution in [3.8, 4) is 11.1 Å². The van der Waals surface area contributed by atoms with Gasteiger partial charge in [0.25, 0.3) is 0 Å². The van der Waals surface area contributed by atoms with E-state index < -0.39 is 8.07 Å². The Bertz CT molecular complexity index is 3510. The van der Waals surface area contributed by atoms with Gasteiger partial charge in [-0.2, -0.15) is 0 Å². The number of furan rings is 1. The van der Waals surface area contributed by atoms with E-state index in [9.17, 15) is 0 Å². The number of anilines is 6. The molecule has 0 fully saturated rings. The molecule has 0 radical (unpaired) electrons. The molecule has 320 valence electrons. The zero-order valence-electron chi connectivity index (χ0n) is 37.6. The number of para-hydroxylation sites is 3. The Morgan fingerprint density at radius 3 is 1.45 bits per heavy atom. The van der Waals surface area contributed by atoms with E-state index in [2.05, 4.69) is 266 Å². The molecule has 1 heterocycles. The standard InChI is InChI=1S/C63H48N2OSi/c1-63(2)59-32-17-15-30-55(59)56-40-36-49(43-60(56)63)64(45-20-7-3-8-21-45)47-34-38-53(39-35-47)67(51-25-11-5-12-26-51,52-27-13-6-14-28-52)54-29-19-24-48(42-54)65(46-22-9-4-10-23-46)50-37-41-58-57-31-16-18-33-61(57)66-62(58)44-50/h3-44H,1-2H3. The molecule has 0 bridgehead atoms. The molecular formula is C63H48N2OSi. The molecule has 1 aliphatic carbocycles. The molecule has 0 unspecified atom stereocenters. The second kappa shape index (κ2) is 16.4. The van der Waals surface area contributed by atoms with Gasteiger partial charge in [0.15, 0.2) is 8.07 Å². The van der Waals surface area contributed by atoms with Gasteiger partial charge in [-0.1, -0.05) is 184 Å². The molecule has 0 N–H and O–H groups in total. The van der Waals surface area contributed by atoms with Gasteiger partial charge in [0.05, 0.1) is 0 Å². The van der Waals surface area contributed by atoms with Crippen LogP contribution in [0.3, 0.4) is 0 Å². The molecule has 0 saturated carbocycles. The topological polar surface area (TPSA) is 19.6 Å². The van der Waals surface area contributed by atoms with Crippen LogP contribution in [0.1, 0.15) is 25.0 Å². The molecule has 11 aromatic rings. The van der Waals surface area contributed by atoms with E-state index in [1.54, 1.807) is 0 Å². The highest BCUT2D eigenvalue weighted by atomic mass is 28.3. The van der Waals surface area contributed by atoms with E-state index in [0.717, 1.165) is 56.1 Å². The number of fused-ring (bicyclic) bond motifs is 6. The fourth-order valence-corrected chi connectivity index (χ4v) is 15.6. The largest absolute Gasteiger partial charge is 0.456 e. The summed E-state index contributed by atoms with van der Waals surface area (Å²) in [6.45, 7) is 4.71. The molecule has 3 nitrogen and oxygen atoms in total. The monoisotopic (exact) mass is 876 g/mol. The van der Waals surface area contributed by atoms with Crippen molar-refractivity contribution in [1.82, 2.24) is 0 Å². The van der Waals surface area contributed by atoms with Gasteiger partial charge in [0.2, 0.25) is 0 Å². The highest BCUT2D eigenvalue weighted by Gasteiger charge is 2.42. The molecule has 0 aliphatic heterocycles. The van der Waals surface area contributed by atoms with E-state index in [4.69, 9.17) is 4.42 Å². The van der Waals surface area contributed by atoms with Gasteiger partial charge in [-0.25, -0.2) is 0 Å². The van der Waals surface area contributed by atoms with E-state index in [1.807, 2.05) is 12.1 Å². The minimum absolute atomic E-state index is 0.116. The molecule has 0 spiro atoms. The fraction of sp³-hybridized carbons (Fsp3) is 0.0476. The zero-order valence-corrected chi connectivity index (χ0v) is 38.6. The summed E-state index contributed by atoms with van der Waals surface area (Å²) in [7, 11) is -2.99. The predicted molar refractivity (Wildman–Crippen MR) is 284 cm³/mol. The van der Waals surface area contributed by atoms with E-state index >= 15 is 0 Å². The van der Waals surface area contributed by atoms with Crippen LogP contribution in [0.25, 0.3) is 33.1 Å². The van der Waals surface area contributed by atoms with Crippen LogP contribution in [0.4, 0.5) is 34.1 Å². The third-order valence-electron chi connectivity index (χ3n) is 14.0. The maximum Gasteiger partial charge on any atom is 0.179 e. The number of rotatable bonds is 10. The van der Waals surface area contributed by atoms with Crippen molar-refractivity contribution in [1.29, 1.82) is 0 Å². The van der Waals surface area contributed by atoms with Crippen molar-refractivity contribution < 1.29 is 4.42 Å². The summed E-state index contributed by atoms with van der Waals surface area (Å²) < 4.78 is 6.47. The maximum absolute atomic E-state index is 6.47. The Kier molecular flexibility index (Phi) is 9.85. The minimum Gasteiger partial charge on any atom is -0.456 e. The SMILES string of the molecule is CC1(C)c2ccccc2-c2ccc(N(c3ccccc3)c3ccc([Si](c4ccccc4)(c4ccccc4)c4cccc(N(c5ccccc5)c5ccc6c(c5)oc5ccccc56)c4)cc3)cc21. The quantitative estimate of drug-likeness (QED) is 0.101. The van der Waals surface area contributed by atoms with Gasteiger partial charge in [-0.3, -0.25) is 0 Å². The second-order valence-corrected chi connectivity index (χ2v) is 21.9. The van der Waals surface area contributed by atoms with Gasteiger partial charge in [0, 0.05) is 56.4 Å². The van der Waals surface area contributed by atoms with E-state index in [0.29, 0.717) is 0 Å². The van der Waals surface area contributed by atoms with E-state index in [1.165, 1.54) is 43.0 Å². The van der Waals surface area contributed by atoms with Crippen LogP contribution in [0.2, 0.25) is 0 Å². The van der Waals surface area contributed by atoms with E-state index in [-0.39, 0.29) is 5.41 Å². The van der Waals surface area contributed by atoms with Crippen molar-refractivity contribution in [3.63, 3.8) is 0 Å². The Morgan fingerprint density at radius 1 is 0.313 bits per heavy atom. The zero-order chi connectivity index (χ0) is 45.0. The number of nitrogens with zero attached hydrogens (tertiary/aromatic N) is 2. The number of hydrogen-bond donors (Lipinski definition) is 0. The van der Waals surface area contributed by atoms with Crippen molar-refractivity contribution in [2.45, 2.75) is 19.3 Å². The average Bonchev–Trinajstić information content (AvgIpc) is 3.87. The first-order valence-corrected chi connectivity index (χ1v) is 25.2. The van der Waals surface area contributed by atoms with Gasteiger partial charge in [-0.05, 0) is 122 Å². The maximum atomic E-state index is 6.47. The lowest BCUT2D eigenvalue weighted by Crippen LogP contribution is -2.74. The Balaban J connectivity index is 1.03. The average molecular weight is 877 g/mol. The molecular weight excluding hydrogens is 829 g/mol. The first-order valence-electron chi connectivity index (χ1n) is 23.2. The van der Waals surface area contributed by atoms with Crippen LogP contribution < -0.4 is 30.5 Å². The highest BCUT2D eigenvalue weighted by molar-refractivity contribution is 7.20. The van der Waals surface area contributed by atoms with Crippen molar-refractivity contribution in [2.24, 2.45) is 0 Å². The smallest absolute Gasteiger partial charge is 0.179 e. The van der Waals surface area contributed by atoms with Crippen molar-refractivity contribution >= 4 is 84.9 Å². The van der Waals surface area contributed by atoms with Crippen LogP contribution >= 0.6 is 0 Å². The summed E-state index contributed by atoms with van der Waals surface area (Å²) in [6, 6.07) is 93.4. The Hall–Kier alpha value is -8.18. The second-order valence-electron chi connectivity index (χ2n) is 18.1. The van der Waals surface area contributed by atoms with Gasteiger partial charge < -0.3 is 14.2 Å². The first-order chi connectivity index (χ1) is 33.0. The normalized spacial score (nSPS) is 12.7. The highest BCUT2D eigenvalue weighted by Crippen LogP contribution is 2.50. The summed E-state index contributed by atoms with van der Waals surface area (Å²) in [5, 5.41) is 7.47. The Labute approximate surface area is 393 Å². The molecule has 12 rings (SSSR count). The van der Waals surface area contributed by atoms with Crippen LogP contribution in [0.15, 0.2) is 259 Å². The fourth-order valence-electron chi connectivity index (χ4n) is 10.8. The summed E-state index contributed by atoms with van der Waals surface area (Å²) in [5.74, 6) is 0. The van der Waals surface area contributed by atoms with Crippen LogP contribution in [0, 0.1) is 0 Å². The molecule has 67 heavy (non-hydrogen) atoms. The summed E-state index contributed by atoms with van der Waals surface area (Å²) in [4.78, 5) is 4.77. The molecule has 1 aromatic heterocycles. The van der Waals surface area contributed by atoms with Crippen LogP contribution in [-0.4, -0.2) is 8.07 Å². The third kappa shape index (κ3) is 6.71.